The van der Waals surface area contributed by atoms with Crippen molar-refractivity contribution in [3.05, 3.63) is 0 Å². The van der Waals surface area contributed by atoms with Gasteiger partial charge in [-0.3, -0.25) is 24.0 Å². The standard InChI is InChI=1S/C21H36N4O9/c1-5-11(4)17(22)20(32)23-12(6-7-15(26)27)18(30)24-13(9-16(28)29)19(31)25-14(21(33)34)8-10(2)3/h10-14,17H,5-9,22H2,1-4H3,(H,23,32)(H,24,30)(H,25,31)(H,26,27)(H,28,29)(H,33,34). The number of hydrogen-bond acceptors (Lipinski definition) is 7. The molecule has 194 valence electrons. The number of hydrogen-bond donors (Lipinski definition) is 7. The van der Waals surface area contributed by atoms with Crippen molar-refractivity contribution < 1.29 is 44.1 Å². The summed E-state index contributed by atoms with van der Waals surface area (Å²) in [5.41, 5.74) is 5.86. The molecular formula is C21H36N4O9. The van der Waals surface area contributed by atoms with E-state index in [0.29, 0.717) is 6.42 Å². The number of nitrogens with one attached hydrogen (secondary N) is 3. The molecule has 0 aliphatic heterocycles. The molecule has 13 nitrogen and oxygen atoms in total. The summed E-state index contributed by atoms with van der Waals surface area (Å²) >= 11 is 0. The molecule has 5 unspecified atom stereocenters. The molecule has 0 saturated heterocycles. The van der Waals surface area contributed by atoms with Gasteiger partial charge in [-0.05, 0) is 24.7 Å². The van der Waals surface area contributed by atoms with E-state index < -0.39 is 72.6 Å². The van der Waals surface area contributed by atoms with Crippen LogP contribution in [0.1, 0.15) is 59.8 Å². The van der Waals surface area contributed by atoms with Crippen LogP contribution in [-0.2, 0) is 28.8 Å². The fraction of sp³-hybridized carbons (Fsp3) is 0.714. The molecule has 0 aliphatic rings. The summed E-state index contributed by atoms with van der Waals surface area (Å²) in [6, 6.07) is -5.35. The molecular weight excluding hydrogens is 452 g/mol. The quantitative estimate of drug-likeness (QED) is 0.144. The molecule has 0 aromatic carbocycles. The molecule has 0 heterocycles. The Hall–Kier alpha value is -3.22. The van der Waals surface area contributed by atoms with Crippen molar-refractivity contribution in [3.8, 4) is 0 Å². The van der Waals surface area contributed by atoms with Crippen LogP contribution in [0, 0.1) is 11.8 Å². The Kier molecular flexibility index (Phi) is 13.4. The van der Waals surface area contributed by atoms with E-state index in [1.165, 1.54) is 0 Å². The number of nitrogens with two attached hydrogens (primary N) is 1. The fourth-order valence-corrected chi connectivity index (χ4v) is 2.94. The molecule has 13 heteroatoms. The van der Waals surface area contributed by atoms with Crippen LogP contribution in [0.25, 0.3) is 0 Å². The lowest BCUT2D eigenvalue weighted by molar-refractivity contribution is -0.144. The summed E-state index contributed by atoms with van der Waals surface area (Å²) in [5.74, 6) is -7.08. The minimum Gasteiger partial charge on any atom is -0.481 e. The maximum absolute atomic E-state index is 12.8. The third-order valence-corrected chi connectivity index (χ3v) is 5.17. The maximum atomic E-state index is 12.8. The predicted octanol–water partition coefficient (Wildman–Crippen LogP) is -0.716. The second kappa shape index (κ2) is 14.8. The molecule has 0 spiro atoms. The van der Waals surface area contributed by atoms with Gasteiger partial charge in [0.25, 0.3) is 0 Å². The van der Waals surface area contributed by atoms with Crippen LogP contribution in [0.15, 0.2) is 0 Å². The van der Waals surface area contributed by atoms with Crippen LogP contribution in [0.3, 0.4) is 0 Å². The van der Waals surface area contributed by atoms with Gasteiger partial charge < -0.3 is 37.0 Å². The zero-order valence-corrected chi connectivity index (χ0v) is 19.9. The van der Waals surface area contributed by atoms with Gasteiger partial charge >= 0.3 is 17.9 Å². The number of carbonyl (C=O) groups is 6. The van der Waals surface area contributed by atoms with Gasteiger partial charge in [-0.25, -0.2) is 4.79 Å². The summed E-state index contributed by atoms with van der Waals surface area (Å²) in [6.45, 7) is 7.00. The van der Waals surface area contributed by atoms with Gasteiger partial charge in [0.1, 0.15) is 18.1 Å². The largest absolute Gasteiger partial charge is 0.481 e. The lowest BCUT2D eigenvalue weighted by Crippen LogP contribution is -2.58. The first kappa shape index (κ1) is 30.8. The van der Waals surface area contributed by atoms with Crippen LogP contribution in [0.2, 0.25) is 0 Å². The monoisotopic (exact) mass is 488 g/mol. The molecule has 0 fully saturated rings. The van der Waals surface area contributed by atoms with Crippen LogP contribution in [-0.4, -0.2) is 75.1 Å². The number of rotatable bonds is 16. The van der Waals surface area contributed by atoms with E-state index in [-0.39, 0.29) is 24.7 Å². The maximum Gasteiger partial charge on any atom is 0.326 e. The van der Waals surface area contributed by atoms with E-state index in [4.69, 9.17) is 15.9 Å². The minimum absolute atomic E-state index is 0.0691. The van der Waals surface area contributed by atoms with Crippen molar-refractivity contribution in [1.82, 2.24) is 16.0 Å². The Morgan fingerprint density at radius 3 is 1.71 bits per heavy atom. The second-order valence-corrected chi connectivity index (χ2v) is 8.59. The summed E-state index contributed by atoms with van der Waals surface area (Å²) in [6.07, 6.45) is -1.06. The molecule has 0 aromatic rings. The molecule has 3 amide bonds. The van der Waals surface area contributed by atoms with E-state index in [1.54, 1.807) is 20.8 Å². The molecule has 8 N–H and O–H groups in total. The van der Waals surface area contributed by atoms with Gasteiger partial charge in [0.05, 0.1) is 12.5 Å². The minimum atomic E-state index is -1.66. The molecule has 0 bridgehead atoms. The highest BCUT2D eigenvalue weighted by molar-refractivity contribution is 5.95. The molecule has 34 heavy (non-hydrogen) atoms. The van der Waals surface area contributed by atoms with Crippen molar-refractivity contribution in [2.24, 2.45) is 17.6 Å². The fourth-order valence-electron chi connectivity index (χ4n) is 2.94. The average Bonchev–Trinajstić information content (AvgIpc) is 2.73. The molecule has 0 rings (SSSR count). The van der Waals surface area contributed by atoms with Crippen molar-refractivity contribution in [2.45, 2.75) is 84.0 Å². The van der Waals surface area contributed by atoms with Gasteiger partial charge in [-0.15, -0.1) is 0 Å². The average molecular weight is 489 g/mol. The summed E-state index contributed by atoms with van der Waals surface area (Å²) < 4.78 is 0. The Morgan fingerprint density at radius 2 is 1.26 bits per heavy atom. The summed E-state index contributed by atoms with van der Waals surface area (Å²) in [4.78, 5) is 71.5. The Balaban J connectivity index is 5.62. The van der Waals surface area contributed by atoms with Gasteiger partial charge in [0, 0.05) is 6.42 Å². The number of aliphatic carboxylic acids is 3. The molecule has 0 aromatic heterocycles. The highest BCUT2D eigenvalue weighted by Crippen LogP contribution is 2.09. The van der Waals surface area contributed by atoms with Gasteiger partial charge in [-0.1, -0.05) is 34.1 Å². The molecule has 0 saturated carbocycles. The van der Waals surface area contributed by atoms with Crippen LogP contribution in [0.5, 0.6) is 0 Å². The van der Waals surface area contributed by atoms with E-state index in [0.717, 1.165) is 0 Å². The van der Waals surface area contributed by atoms with Gasteiger partial charge in [-0.2, -0.15) is 0 Å². The first-order chi connectivity index (χ1) is 15.7. The zero-order valence-electron chi connectivity index (χ0n) is 19.9. The second-order valence-electron chi connectivity index (χ2n) is 8.59. The number of carboxylic acids is 3. The first-order valence-corrected chi connectivity index (χ1v) is 11.0. The van der Waals surface area contributed by atoms with Crippen LogP contribution < -0.4 is 21.7 Å². The summed E-state index contributed by atoms with van der Waals surface area (Å²) in [5, 5.41) is 34.2. The number of carbonyl (C=O) groups excluding carboxylic acids is 3. The van der Waals surface area contributed by atoms with Crippen LogP contribution >= 0.6 is 0 Å². The normalized spacial score (nSPS) is 15.4. The molecule has 5 atom stereocenters. The highest BCUT2D eigenvalue weighted by Gasteiger charge is 2.32. The van der Waals surface area contributed by atoms with E-state index in [9.17, 15) is 33.9 Å². The number of carboxylic acid groups (broad SMARTS) is 3. The van der Waals surface area contributed by atoms with Crippen LogP contribution in [0.4, 0.5) is 0 Å². The van der Waals surface area contributed by atoms with E-state index >= 15 is 0 Å². The van der Waals surface area contributed by atoms with Crippen molar-refractivity contribution in [3.63, 3.8) is 0 Å². The topological polar surface area (TPSA) is 225 Å². The Bertz CT molecular complexity index is 757. The lowest BCUT2D eigenvalue weighted by atomic mass is 9.98. The summed E-state index contributed by atoms with van der Waals surface area (Å²) in [7, 11) is 0. The van der Waals surface area contributed by atoms with E-state index in [2.05, 4.69) is 16.0 Å². The predicted molar refractivity (Wildman–Crippen MR) is 119 cm³/mol. The van der Waals surface area contributed by atoms with E-state index in [1.807, 2.05) is 6.92 Å². The zero-order chi connectivity index (χ0) is 26.6. The third-order valence-electron chi connectivity index (χ3n) is 5.17. The lowest BCUT2D eigenvalue weighted by Gasteiger charge is -2.25. The van der Waals surface area contributed by atoms with Crippen molar-refractivity contribution >= 4 is 35.6 Å². The first-order valence-electron chi connectivity index (χ1n) is 11.0. The SMILES string of the molecule is CCC(C)C(N)C(=O)NC(CCC(=O)O)C(=O)NC(CC(=O)O)C(=O)NC(CC(C)C)C(=O)O. The number of amides is 3. The molecule has 0 radical (unpaired) electrons. The van der Waals surface area contributed by atoms with Gasteiger partial charge in [0.15, 0.2) is 0 Å². The Labute approximate surface area is 197 Å². The smallest absolute Gasteiger partial charge is 0.326 e. The molecule has 0 aliphatic carbocycles. The van der Waals surface area contributed by atoms with Gasteiger partial charge in [0.2, 0.25) is 17.7 Å². The van der Waals surface area contributed by atoms with Crippen molar-refractivity contribution in [2.75, 3.05) is 0 Å². The Morgan fingerprint density at radius 1 is 0.765 bits per heavy atom. The third kappa shape index (κ3) is 11.6. The van der Waals surface area contributed by atoms with Crippen molar-refractivity contribution in [1.29, 1.82) is 0 Å². The highest BCUT2D eigenvalue weighted by atomic mass is 16.4.